The quantitative estimate of drug-likeness (QED) is 0.316. The van der Waals surface area contributed by atoms with Crippen LogP contribution in [0.25, 0.3) is 0 Å². The number of oxazole rings is 1. The molecule has 0 spiro atoms. The third-order valence-corrected chi connectivity index (χ3v) is 5.48. The molecule has 1 saturated heterocycles. The maximum atomic E-state index is 5.72. The molecule has 0 radical (unpaired) electrons. The Morgan fingerprint density at radius 2 is 1.89 bits per heavy atom. The maximum absolute atomic E-state index is 5.72. The number of hydrogen-bond donors (Lipinski definition) is 2. The monoisotopic (exact) mass is 505 g/mol. The molecule has 1 aromatic rings. The van der Waals surface area contributed by atoms with Crippen molar-refractivity contribution in [1.82, 2.24) is 20.5 Å². The number of hydrogen-bond acceptors (Lipinski definition) is 4. The van der Waals surface area contributed by atoms with Crippen molar-refractivity contribution < 1.29 is 4.42 Å². The molecule has 1 aliphatic rings. The minimum Gasteiger partial charge on any atom is -0.444 e. The zero-order valence-electron chi connectivity index (χ0n) is 18.5. The summed E-state index contributed by atoms with van der Waals surface area (Å²) in [7, 11) is 1.85. The van der Waals surface area contributed by atoms with Crippen molar-refractivity contribution >= 4 is 29.9 Å². The Morgan fingerprint density at radius 1 is 1.21 bits per heavy atom. The molecule has 162 valence electrons. The first kappa shape index (κ1) is 25.2. The molecule has 28 heavy (non-hydrogen) atoms. The second-order valence-electron chi connectivity index (χ2n) is 8.44. The molecule has 0 aliphatic carbocycles. The highest BCUT2D eigenvalue weighted by atomic mass is 127. The smallest absolute Gasteiger partial charge is 0.208 e. The van der Waals surface area contributed by atoms with Gasteiger partial charge in [0.05, 0.1) is 12.2 Å². The fraction of sp³-hybridized carbons (Fsp3) is 0.810. The lowest BCUT2D eigenvalue weighted by Gasteiger charge is -2.31. The normalized spacial score (nSPS) is 17.5. The predicted molar refractivity (Wildman–Crippen MR) is 127 cm³/mol. The van der Waals surface area contributed by atoms with Gasteiger partial charge in [-0.05, 0) is 71.4 Å². The Balaban J connectivity index is 0.00000392. The fourth-order valence-corrected chi connectivity index (χ4v) is 3.47. The number of nitrogens with zero attached hydrogens (tertiary/aromatic N) is 3. The molecule has 1 aromatic heterocycles. The van der Waals surface area contributed by atoms with Crippen LogP contribution in [0.5, 0.6) is 0 Å². The minimum absolute atomic E-state index is 0. The highest BCUT2D eigenvalue weighted by molar-refractivity contribution is 14.0. The summed E-state index contributed by atoms with van der Waals surface area (Å²) in [4.78, 5) is 11.3. The average molecular weight is 505 g/mol. The Kier molecular flexibility index (Phi) is 11.4. The van der Waals surface area contributed by atoms with Crippen molar-refractivity contribution in [3.8, 4) is 0 Å². The van der Waals surface area contributed by atoms with Crippen LogP contribution < -0.4 is 10.6 Å². The summed E-state index contributed by atoms with van der Waals surface area (Å²) in [5.74, 6) is 4.16. The van der Waals surface area contributed by atoms with Gasteiger partial charge in [0.25, 0.3) is 0 Å². The first-order valence-electron chi connectivity index (χ1n) is 10.5. The highest BCUT2D eigenvalue weighted by Gasteiger charge is 2.21. The lowest BCUT2D eigenvalue weighted by Crippen LogP contribution is -2.45. The highest BCUT2D eigenvalue weighted by Crippen LogP contribution is 2.19. The van der Waals surface area contributed by atoms with E-state index in [1.54, 1.807) is 0 Å². The van der Waals surface area contributed by atoms with E-state index in [2.05, 4.69) is 46.3 Å². The molecule has 2 rings (SSSR count). The number of aryl methyl sites for hydroxylation is 2. The van der Waals surface area contributed by atoms with E-state index in [-0.39, 0.29) is 24.0 Å². The second-order valence-corrected chi connectivity index (χ2v) is 8.44. The topological polar surface area (TPSA) is 65.7 Å². The summed E-state index contributed by atoms with van der Waals surface area (Å²) >= 11 is 0. The van der Waals surface area contributed by atoms with Crippen LogP contribution in [-0.2, 0) is 6.54 Å². The number of aromatic nitrogens is 1. The zero-order chi connectivity index (χ0) is 19.8. The van der Waals surface area contributed by atoms with Gasteiger partial charge in [-0.2, -0.15) is 0 Å². The van der Waals surface area contributed by atoms with E-state index in [1.807, 2.05) is 20.9 Å². The molecule has 0 saturated carbocycles. The van der Waals surface area contributed by atoms with E-state index in [0.717, 1.165) is 55.4 Å². The van der Waals surface area contributed by atoms with Gasteiger partial charge in [-0.1, -0.05) is 13.8 Å². The molecule has 1 atom stereocenters. The van der Waals surface area contributed by atoms with Crippen molar-refractivity contribution in [1.29, 1.82) is 0 Å². The summed E-state index contributed by atoms with van der Waals surface area (Å²) < 4.78 is 5.72. The molecule has 0 bridgehead atoms. The Labute approximate surface area is 188 Å². The number of halogens is 1. The average Bonchev–Trinajstić information content (AvgIpc) is 2.95. The van der Waals surface area contributed by atoms with Crippen molar-refractivity contribution in [3.63, 3.8) is 0 Å². The van der Waals surface area contributed by atoms with Gasteiger partial charge in [0.2, 0.25) is 5.89 Å². The number of aliphatic imine (C=N–C) groups is 1. The van der Waals surface area contributed by atoms with Crippen LogP contribution >= 0.6 is 24.0 Å². The Hall–Kier alpha value is -0.830. The van der Waals surface area contributed by atoms with Crippen LogP contribution in [0, 0.1) is 25.7 Å². The minimum atomic E-state index is 0. The zero-order valence-corrected chi connectivity index (χ0v) is 20.9. The van der Waals surface area contributed by atoms with Crippen LogP contribution in [0.4, 0.5) is 0 Å². The van der Waals surface area contributed by atoms with Crippen molar-refractivity contribution in [2.75, 3.05) is 26.7 Å². The van der Waals surface area contributed by atoms with Gasteiger partial charge in [0.1, 0.15) is 5.76 Å². The number of nitrogens with one attached hydrogen (secondary N) is 2. The first-order valence-corrected chi connectivity index (χ1v) is 10.5. The lowest BCUT2D eigenvalue weighted by atomic mass is 9.97. The molecule has 0 aromatic carbocycles. The predicted octanol–water partition coefficient (Wildman–Crippen LogP) is 4.11. The molecule has 6 nitrogen and oxygen atoms in total. The number of rotatable bonds is 8. The number of likely N-dealkylation sites (tertiary alicyclic amines) is 1. The van der Waals surface area contributed by atoms with Crippen molar-refractivity contribution in [3.05, 3.63) is 17.3 Å². The third kappa shape index (κ3) is 8.68. The summed E-state index contributed by atoms with van der Waals surface area (Å²) in [5.41, 5.74) is 1.01. The van der Waals surface area contributed by atoms with Crippen LogP contribution in [0.3, 0.4) is 0 Å². The Bertz CT molecular complexity index is 574. The van der Waals surface area contributed by atoms with E-state index < -0.39 is 0 Å². The van der Waals surface area contributed by atoms with Gasteiger partial charge in [-0.3, -0.25) is 9.89 Å². The van der Waals surface area contributed by atoms with E-state index in [0.29, 0.717) is 12.0 Å². The largest absolute Gasteiger partial charge is 0.444 e. The third-order valence-electron chi connectivity index (χ3n) is 5.48. The molecular formula is C21H40IN5O. The fourth-order valence-electron chi connectivity index (χ4n) is 3.47. The van der Waals surface area contributed by atoms with Crippen LogP contribution in [0.2, 0.25) is 0 Å². The van der Waals surface area contributed by atoms with E-state index in [9.17, 15) is 0 Å². The van der Waals surface area contributed by atoms with Gasteiger partial charge >= 0.3 is 0 Å². The van der Waals surface area contributed by atoms with E-state index in [1.165, 1.54) is 25.7 Å². The van der Waals surface area contributed by atoms with Crippen LogP contribution in [0.15, 0.2) is 9.41 Å². The van der Waals surface area contributed by atoms with Gasteiger partial charge in [-0.25, -0.2) is 4.98 Å². The molecule has 1 fully saturated rings. The summed E-state index contributed by atoms with van der Waals surface area (Å²) in [6.07, 6.45) is 4.82. The van der Waals surface area contributed by atoms with E-state index >= 15 is 0 Å². The standard InChI is InChI=1S/C21H39N5O.HI/c1-15(2)7-8-16(3)24-21(22-6)23-13-19-9-11-26(12-10-19)14-20-25-17(4)18(5)27-20;/h15-16,19H,7-14H2,1-6H3,(H2,22,23,24);1H. The number of guanidine groups is 1. The Morgan fingerprint density at radius 3 is 2.43 bits per heavy atom. The maximum Gasteiger partial charge on any atom is 0.208 e. The van der Waals surface area contributed by atoms with Crippen LogP contribution in [0.1, 0.15) is 63.8 Å². The molecule has 2 N–H and O–H groups in total. The van der Waals surface area contributed by atoms with Gasteiger partial charge in [0.15, 0.2) is 5.96 Å². The van der Waals surface area contributed by atoms with Crippen LogP contribution in [-0.4, -0.2) is 48.6 Å². The van der Waals surface area contributed by atoms with E-state index in [4.69, 9.17) is 4.42 Å². The van der Waals surface area contributed by atoms with Crippen molar-refractivity contribution in [2.24, 2.45) is 16.8 Å². The molecule has 1 unspecified atom stereocenters. The summed E-state index contributed by atoms with van der Waals surface area (Å²) in [5, 5.41) is 7.04. The van der Waals surface area contributed by atoms with Gasteiger partial charge in [-0.15, -0.1) is 24.0 Å². The molecule has 7 heteroatoms. The summed E-state index contributed by atoms with van der Waals surface area (Å²) in [6, 6.07) is 0.452. The van der Waals surface area contributed by atoms with Gasteiger partial charge < -0.3 is 15.1 Å². The SMILES string of the molecule is CN=C(NCC1CCN(Cc2nc(C)c(C)o2)CC1)NC(C)CCC(C)C.I. The molecule has 2 heterocycles. The van der Waals surface area contributed by atoms with Gasteiger partial charge in [0, 0.05) is 19.6 Å². The number of piperidine rings is 1. The summed E-state index contributed by atoms with van der Waals surface area (Å²) in [6.45, 7) is 14.8. The second kappa shape index (κ2) is 12.7. The lowest BCUT2D eigenvalue weighted by molar-refractivity contribution is 0.164. The molecule has 1 aliphatic heterocycles. The van der Waals surface area contributed by atoms with Crippen molar-refractivity contribution in [2.45, 2.75) is 72.9 Å². The molecule has 0 amide bonds. The first-order chi connectivity index (χ1) is 12.9. The molecular weight excluding hydrogens is 465 g/mol.